The van der Waals surface area contributed by atoms with Gasteiger partial charge in [-0.3, -0.25) is 4.79 Å². The van der Waals surface area contributed by atoms with Gasteiger partial charge in [0.2, 0.25) is 5.91 Å². The van der Waals surface area contributed by atoms with Crippen molar-refractivity contribution in [3.8, 4) is 5.75 Å². The summed E-state index contributed by atoms with van der Waals surface area (Å²) in [5.74, 6) is -2.01. The van der Waals surface area contributed by atoms with Crippen molar-refractivity contribution >= 4 is 11.9 Å². The summed E-state index contributed by atoms with van der Waals surface area (Å²) in [5, 5.41) is 10.6. The number of carbonyl (C=O) groups excluding carboxylic acids is 1. The van der Waals surface area contributed by atoms with Crippen LogP contribution in [0.25, 0.3) is 0 Å². The van der Waals surface area contributed by atoms with Crippen LogP contribution in [-0.2, 0) is 16.0 Å². The Kier molecular flexibility index (Phi) is 6.41. The van der Waals surface area contributed by atoms with Crippen LogP contribution >= 0.6 is 0 Å². The molecule has 23 heavy (non-hydrogen) atoms. The van der Waals surface area contributed by atoms with Crippen LogP contribution < -0.4 is 10.1 Å². The highest BCUT2D eigenvalue weighted by molar-refractivity contribution is 5.84. The van der Waals surface area contributed by atoms with Gasteiger partial charge in [-0.2, -0.15) is 13.2 Å². The molecule has 0 aliphatic rings. The normalized spacial score (nSPS) is 12.8. The highest BCUT2D eigenvalue weighted by Gasteiger charge is 2.36. The van der Waals surface area contributed by atoms with Gasteiger partial charge in [0.1, 0.15) is 11.8 Å². The molecule has 5 nitrogen and oxygen atoms in total. The third-order valence-electron chi connectivity index (χ3n) is 2.70. The third-order valence-corrected chi connectivity index (χ3v) is 2.70. The van der Waals surface area contributed by atoms with Crippen LogP contribution in [0.5, 0.6) is 5.75 Å². The molecule has 1 amide bonds. The minimum Gasteiger partial charge on any atom is -0.491 e. The van der Waals surface area contributed by atoms with Crippen molar-refractivity contribution < 1.29 is 32.6 Å². The first-order valence-corrected chi connectivity index (χ1v) is 6.91. The molecule has 1 unspecified atom stereocenters. The summed E-state index contributed by atoms with van der Waals surface area (Å²) in [6, 6.07) is 4.51. The standard InChI is InChI=1S/C15H18F3NO4/c1-9(2)23-11-5-3-4-10(6-11)7-13(20)19-12(14(21)22)8-15(16,17)18/h3-6,9,12H,7-8H2,1-2H3,(H,19,20)(H,21,22). The van der Waals surface area contributed by atoms with Crippen molar-refractivity contribution in [2.24, 2.45) is 0 Å². The SMILES string of the molecule is CC(C)Oc1cccc(CC(=O)NC(CC(F)(F)F)C(=O)O)c1. The Labute approximate surface area is 131 Å². The first-order valence-electron chi connectivity index (χ1n) is 6.91. The number of benzene rings is 1. The largest absolute Gasteiger partial charge is 0.491 e. The summed E-state index contributed by atoms with van der Waals surface area (Å²) >= 11 is 0. The fourth-order valence-corrected chi connectivity index (χ4v) is 1.86. The smallest absolute Gasteiger partial charge is 0.391 e. The summed E-state index contributed by atoms with van der Waals surface area (Å²) in [4.78, 5) is 22.6. The average molecular weight is 333 g/mol. The van der Waals surface area contributed by atoms with Crippen LogP contribution in [0, 0.1) is 0 Å². The third kappa shape index (κ3) is 7.53. The maximum absolute atomic E-state index is 12.3. The number of nitrogens with one attached hydrogen (secondary N) is 1. The monoisotopic (exact) mass is 333 g/mol. The number of aliphatic carboxylic acids is 1. The van der Waals surface area contributed by atoms with E-state index in [0.717, 1.165) is 0 Å². The lowest BCUT2D eigenvalue weighted by Gasteiger charge is -2.16. The van der Waals surface area contributed by atoms with E-state index in [2.05, 4.69) is 0 Å². The molecule has 2 N–H and O–H groups in total. The van der Waals surface area contributed by atoms with Crippen LogP contribution in [0.3, 0.4) is 0 Å². The molecule has 0 bridgehead atoms. The van der Waals surface area contributed by atoms with Gasteiger partial charge in [0.25, 0.3) is 0 Å². The molecule has 0 spiro atoms. The predicted octanol–water partition coefficient (Wildman–Crippen LogP) is 2.54. The Morgan fingerprint density at radius 1 is 1.30 bits per heavy atom. The van der Waals surface area contributed by atoms with Gasteiger partial charge in [-0.15, -0.1) is 0 Å². The maximum Gasteiger partial charge on any atom is 0.391 e. The van der Waals surface area contributed by atoms with E-state index in [9.17, 15) is 22.8 Å². The fourth-order valence-electron chi connectivity index (χ4n) is 1.86. The summed E-state index contributed by atoms with van der Waals surface area (Å²) in [6.45, 7) is 3.65. The fraction of sp³-hybridized carbons (Fsp3) is 0.467. The van der Waals surface area contributed by atoms with Gasteiger partial charge in [0.15, 0.2) is 0 Å². The van der Waals surface area contributed by atoms with Crippen molar-refractivity contribution in [1.82, 2.24) is 5.32 Å². The first kappa shape index (κ1) is 18.8. The number of carboxylic acids is 1. The minimum atomic E-state index is -4.68. The van der Waals surface area contributed by atoms with Crippen LogP contribution in [-0.4, -0.2) is 35.3 Å². The number of halogens is 3. The highest BCUT2D eigenvalue weighted by Crippen LogP contribution is 2.22. The molecule has 8 heteroatoms. The Balaban J connectivity index is 2.69. The van der Waals surface area contributed by atoms with E-state index in [1.807, 2.05) is 19.2 Å². The zero-order valence-electron chi connectivity index (χ0n) is 12.7. The summed E-state index contributed by atoms with van der Waals surface area (Å²) in [5.41, 5.74) is 0.511. The Morgan fingerprint density at radius 3 is 2.48 bits per heavy atom. The number of amides is 1. The van der Waals surface area contributed by atoms with E-state index in [1.54, 1.807) is 24.3 Å². The lowest BCUT2D eigenvalue weighted by molar-refractivity contribution is -0.159. The highest BCUT2D eigenvalue weighted by atomic mass is 19.4. The average Bonchev–Trinajstić information content (AvgIpc) is 2.35. The molecular weight excluding hydrogens is 315 g/mol. The summed E-state index contributed by atoms with van der Waals surface area (Å²) in [7, 11) is 0. The molecule has 0 saturated carbocycles. The second kappa shape index (κ2) is 7.85. The zero-order chi connectivity index (χ0) is 17.6. The summed E-state index contributed by atoms with van der Waals surface area (Å²) in [6.07, 6.45) is -6.61. The van der Waals surface area contributed by atoms with Gasteiger partial charge >= 0.3 is 12.1 Å². The Hall–Kier alpha value is -2.25. The van der Waals surface area contributed by atoms with Gasteiger partial charge in [-0.1, -0.05) is 12.1 Å². The predicted molar refractivity (Wildman–Crippen MR) is 76.1 cm³/mol. The molecule has 0 heterocycles. The van der Waals surface area contributed by atoms with Crippen LogP contribution in [0.4, 0.5) is 13.2 Å². The molecule has 1 aromatic carbocycles. The molecule has 128 valence electrons. The van der Waals surface area contributed by atoms with Gasteiger partial charge in [0.05, 0.1) is 18.9 Å². The number of rotatable bonds is 7. The lowest BCUT2D eigenvalue weighted by atomic mass is 10.1. The van der Waals surface area contributed by atoms with Gasteiger partial charge in [-0.25, -0.2) is 4.79 Å². The molecule has 0 aliphatic heterocycles. The Morgan fingerprint density at radius 2 is 1.96 bits per heavy atom. The second-order valence-electron chi connectivity index (χ2n) is 5.27. The molecule has 0 aromatic heterocycles. The minimum absolute atomic E-state index is 0.0674. The van der Waals surface area contributed by atoms with Gasteiger partial charge < -0.3 is 15.2 Å². The van der Waals surface area contributed by atoms with Crippen molar-refractivity contribution in [2.75, 3.05) is 0 Å². The zero-order valence-corrected chi connectivity index (χ0v) is 12.7. The molecule has 0 aliphatic carbocycles. The molecule has 0 radical (unpaired) electrons. The number of carbonyl (C=O) groups is 2. The maximum atomic E-state index is 12.3. The van der Waals surface area contributed by atoms with Gasteiger partial charge in [0, 0.05) is 0 Å². The van der Waals surface area contributed by atoms with Crippen molar-refractivity contribution in [1.29, 1.82) is 0 Å². The molecule has 1 aromatic rings. The van der Waals surface area contributed by atoms with E-state index < -0.39 is 30.5 Å². The second-order valence-corrected chi connectivity index (χ2v) is 5.27. The van der Waals surface area contributed by atoms with E-state index >= 15 is 0 Å². The molecule has 0 saturated heterocycles. The van der Waals surface area contributed by atoms with Crippen molar-refractivity contribution in [2.45, 2.75) is 45.0 Å². The Bertz CT molecular complexity index is 558. The summed E-state index contributed by atoms with van der Waals surface area (Å²) < 4.78 is 42.3. The van der Waals surface area contributed by atoms with E-state index in [-0.39, 0.29) is 12.5 Å². The quantitative estimate of drug-likeness (QED) is 0.804. The van der Waals surface area contributed by atoms with E-state index in [4.69, 9.17) is 9.84 Å². The van der Waals surface area contributed by atoms with Crippen LogP contribution in [0.2, 0.25) is 0 Å². The van der Waals surface area contributed by atoms with Crippen molar-refractivity contribution in [3.63, 3.8) is 0 Å². The molecule has 0 fully saturated rings. The van der Waals surface area contributed by atoms with Crippen LogP contribution in [0.1, 0.15) is 25.8 Å². The molecule has 1 rings (SSSR count). The van der Waals surface area contributed by atoms with Crippen molar-refractivity contribution in [3.05, 3.63) is 29.8 Å². The molecular formula is C15H18F3NO4. The number of alkyl halides is 3. The van der Waals surface area contributed by atoms with Gasteiger partial charge in [-0.05, 0) is 31.5 Å². The lowest BCUT2D eigenvalue weighted by Crippen LogP contribution is -2.44. The van der Waals surface area contributed by atoms with E-state index in [0.29, 0.717) is 11.3 Å². The number of ether oxygens (including phenoxy) is 1. The molecule has 1 atom stereocenters. The first-order chi connectivity index (χ1) is 10.6. The number of hydrogen-bond donors (Lipinski definition) is 2. The number of hydrogen-bond acceptors (Lipinski definition) is 3. The van der Waals surface area contributed by atoms with Crippen LogP contribution in [0.15, 0.2) is 24.3 Å². The topological polar surface area (TPSA) is 75.6 Å². The van der Waals surface area contributed by atoms with E-state index in [1.165, 1.54) is 0 Å². The number of carboxylic acid groups (broad SMARTS) is 1.